The fourth-order valence-corrected chi connectivity index (χ4v) is 3.42. The van der Waals surface area contributed by atoms with E-state index in [0.717, 1.165) is 10.7 Å². The molecule has 0 bridgehead atoms. The number of carbonyl (C=O) groups is 2. The zero-order chi connectivity index (χ0) is 17.1. The summed E-state index contributed by atoms with van der Waals surface area (Å²) in [7, 11) is 1.77. The molecule has 0 saturated carbocycles. The summed E-state index contributed by atoms with van der Waals surface area (Å²) in [6.45, 7) is 2.80. The molecule has 126 valence electrons. The third-order valence-electron chi connectivity index (χ3n) is 4.03. The van der Waals surface area contributed by atoms with Crippen LogP contribution < -0.4 is 4.90 Å². The standard InChI is InChI=1S/C16H19N5O2S/c1-11-18-19-16(24-11)21-10-12(9-14(21)22)15(23)20(2)8-6-13-5-3-4-7-17-13/h3-5,7,12H,6,8-10H2,1-2H3. The SMILES string of the molecule is Cc1nnc(N2CC(C(=O)N(C)CCc3ccccn3)CC2=O)s1. The van der Waals surface area contributed by atoms with Crippen molar-refractivity contribution in [2.45, 2.75) is 19.8 Å². The number of aryl methyl sites for hydroxylation is 1. The first-order valence-electron chi connectivity index (χ1n) is 7.80. The summed E-state index contributed by atoms with van der Waals surface area (Å²) < 4.78 is 0. The summed E-state index contributed by atoms with van der Waals surface area (Å²) in [5, 5.41) is 9.32. The van der Waals surface area contributed by atoms with E-state index in [1.165, 1.54) is 11.3 Å². The third kappa shape index (κ3) is 3.59. The van der Waals surface area contributed by atoms with E-state index in [1.54, 1.807) is 23.0 Å². The summed E-state index contributed by atoms with van der Waals surface area (Å²) in [5.41, 5.74) is 0.950. The molecule has 1 saturated heterocycles. The summed E-state index contributed by atoms with van der Waals surface area (Å²) in [4.78, 5) is 32.3. The van der Waals surface area contributed by atoms with Gasteiger partial charge in [0.2, 0.25) is 16.9 Å². The average molecular weight is 345 g/mol. The molecule has 0 N–H and O–H groups in total. The van der Waals surface area contributed by atoms with Crippen LogP contribution in [0, 0.1) is 12.8 Å². The second kappa shape index (κ2) is 7.04. The zero-order valence-electron chi connectivity index (χ0n) is 13.7. The van der Waals surface area contributed by atoms with Crippen LogP contribution in [0.3, 0.4) is 0 Å². The van der Waals surface area contributed by atoms with Gasteiger partial charge in [-0.1, -0.05) is 17.4 Å². The molecule has 2 amide bonds. The van der Waals surface area contributed by atoms with Crippen LogP contribution in [0.5, 0.6) is 0 Å². The lowest BCUT2D eigenvalue weighted by Crippen LogP contribution is -2.36. The predicted molar refractivity (Wildman–Crippen MR) is 90.7 cm³/mol. The lowest BCUT2D eigenvalue weighted by Gasteiger charge is -2.20. The Hall–Kier alpha value is -2.35. The number of rotatable bonds is 5. The molecule has 1 unspecified atom stereocenters. The largest absolute Gasteiger partial charge is 0.345 e. The van der Waals surface area contributed by atoms with Gasteiger partial charge in [0.05, 0.1) is 5.92 Å². The Morgan fingerprint density at radius 2 is 2.25 bits per heavy atom. The Balaban J connectivity index is 1.58. The molecule has 7 nitrogen and oxygen atoms in total. The molecule has 3 heterocycles. The number of amides is 2. The second-order valence-corrected chi connectivity index (χ2v) is 7.00. The van der Waals surface area contributed by atoms with E-state index in [2.05, 4.69) is 15.2 Å². The highest BCUT2D eigenvalue weighted by atomic mass is 32.1. The maximum atomic E-state index is 12.6. The maximum Gasteiger partial charge on any atom is 0.229 e. The highest BCUT2D eigenvalue weighted by Crippen LogP contribution is 2.28. The van der Waals surface area contributed by atoms with Crippen LogP contribution in [-0.2, 0) is 16.0 Å². The van der Waals surface area contributed by atoms with Crippen molar-refractivity contribution in [1.29, 1.82) is 0 Å². The monoisotopic (exact) mass is 345 g/mol. The van der Waals surface area contributed by atoms with Crippen molar-refractivity contribution >= 4 is 28.3 Å². The number of carbonyl (C=O) groups excluding carboxylic acids is 2. The number of nitrogens with zero attached hydrogens (tertiary/aromatic N) is 5. The van der Waals surface area contributed by atoms with Gasteiger partial charge in [-0.25, -0.2) is 0 Å². The average Bonchev–Trinajstić information content (AvgIpc) is 3.18. The Kier molecular flexibility index (Phi) is 4.84. The Morgan fingerprint density at radius 1 is 1.42 bits per heavy atom. The van der Waals surface area contributed by atoms with Gasteiger partial charge in [0.1, 0.15) is 5.01 Å². The van der Waals surface area contributed by atoms with Crippen molar-refractivity contribution in [3.8, 4) is 0 Å². The second-order valence-electron chi connectivity index (χ2n) is 5.84. The topological polar surface area (TPSA) is 79.3 Å². The van der Waals surface area contributed by atoms with Gasteiger partial charge in [-0.3, -0.25) is 19.5 Å². The smallest absolute Gasteiger partial charge is 0.229 e. The van der Waals surface area contributed by atoms with Gasteiger partial charge in [-0.2, -0.15) is 0 Å². The lowest BCUT2D eigenvalue weighted by atomic mass is 10.1. The number of aromatic nitrogens is 3. The van der Waals surface area contributed by atoms with Crippen molar-refractivity contribution in [2.75, 3.05) is 25.0 Å². The van der Waals surface area contributed by atoms with Gasteiger partial charge in [0.25, 0.3) is 0 Å². The molecule has 1 aliphatic rings. The molecule has 3 rings (SSSR count). The number of pyridine rings is 1. The van der Waals surface area contributed by atoms with Crippen molar-refractivity contribution in [1.82, 2.24) is 20.1 Å². The molecule has 1 atom stereocenters. The molecule has 1 fully saturated rings. The van der Waals surface area contributed by atoms with Crippen LogP contribution >= 0.6 is 11.3 Å². The number of anilines is 1. The molecule has 24 heavy (non-hydrogen) atoms. The van der Waals surface area contributed by atoms with Crippen molar-refractivity contribution in [2.24, 2.45) is 5.92 Å². The summed E-state index contributed by atoms with van der Waals surface area (Å²) in [6, 6.07) is 5.74. The van der Waals surface area contributed by atoms with Crippen LogP contribution in [0.25, 0.3) is 0 Å². The van der Waals surface area contributed by atoms with E-state index < -0.39 is 0 Å². The minimum atomic E-state index is -0.324. The van der Waals surface area contributed by atoms with E-state index in [-0.39, 0.29) is 24.2 Å². The van der Waals surface area contributed by atoms with Gasteiger partial charge in [-0.15, -0.1) is 10.2 Å². The van der Waals surface area contributed by atoms with Crippen LogP contribution in [0.2, 0.25) is 0 Å². The predicted octanol–water partition coefficient (Wildman–Crippen LogP) is 1.30. The molecule has 0 aromatic carbocycles. The first kappa shape index (κ1) is 16.5. The molecule has 2 aromatic rings. The first-order chi connectivity index (χ1) is 11.5. The maximum absolute atomic E-state index is 12.6. The molecular formula is C16H19N5O2S. The molecule has 0 spiro atoms. The van der Waals surface area contributed by atoms with E-state index in [1.807, 2.05) is 25.1 Å². The van der Waals surface area contributed by atoms with Gasteiger partial charge in [-0.05, 0) is 19.1 Å². The van der Waals surface area contributed by atoms with Gasteiger partial charge >= 0.3 is 0 Å². The molecular weight excluding hydrogens is 326 g/mol. The van der Waals surface area contributed by atoms with E-state index in [4.69, 9.17) is 0 Å². The minimum absolute atomic E-state index is 0.0111. The first-order valence-corrected chi connectivity index (χ1v) is 8.61. The minimum Gasteiger partial charge on any atom is -0.345 e. The normalized spacial score (nSPS) is 17.3. The van der Waals surface area contributed by atoms with Crippen LogP contribution in [-0.4, -0.2) is 52.0 Å². The van der Waals surface area contributed by atoms with E-state index in [0.29, 0.717) is 24.6 Å². The van der Waals surface area contributed by atoms with Crippen molar-refractivity contribution < 1.29 is 9.59 Å². The van der Waals surface area contributed by atoms with Crippen molar-refractivity contribution in [3.63, 3.8) is 0 Å². The summed E-state index contributed by atoms with van der Waals surface area (Å²) in [6.07, 6.45) is 2.67. The Morgan fingerprint density at radius 3 is 2.92 bits per heavy atom. The molecule has 2 aromatic heterocycles. The molecule has 8 heteroatoms. The van der Waals surface area contributed by atoms with Gasteiger partial charge in [0.15, 0.2) is 0 Å². The summed E-state index contributed by atoms with van der Waals surface area (Å²) >= 11 is 1.37. The number of likely N-dealkylation sites (N-methyl/N-ethyl adjacent to an activating group) is 1. The van der Waals surface area contributed by atoms with E-state index >= 15 is 0 Å². The number of hydrogen-bond acceptors (Lipinski definition) is 6. The third-order valence-corrected chi connectivity index (χ3v) is 4.89. The van der Waals surface area contributed by atoms with Crippen molar-refractivity contribution in [3.05, 3.63) is 35.1 Å². The van der Waals surface area contributed by atoms with Crippen LogP contribution in [0.4, 0.5) is 5.13 Å². The Labute approximate surface area is 144 Å². The summed E-state index contributed by atoms with van der Waals surface area (Å²) in [5.74, 6) is -0.402. The quantitative estimate of drug-likeness (QED) is 0.816. The van der Waals surface area contributed by atoms with Crippen LogP contribution in [0.15, 0.2) is 24.4 Å². The fraction of sp³-hybridized carbons (Fsp3) is 0.438. The zero-order valence-corrected chi connectivity index (χ0v) is 14.5. The molecule has 0 radical (unpaired) electrons. The van der Waals surface area contributed by atoms with Crippen LogP contribution in [0.1, 0.15) is 17.1 Å². The van der Waals surface area contributed by atoms with E-state index in [9.17, 15) is 9.59 Å². The number of hydrogen-bond donors (Lipinski definition) is 0. The molecule has 0 aliphatic carbocycles. The van der Waals surface area contributed by atoms with Gasteiger partial charge in [0, 0.05) is 44.9 Å². The molecule has 1 aliphatic heterocycles. The highest BCUT2D eigenvalue weighted by molar-refractivity contribution is 7.15. The van der Waals surface area contributed by atoms with Gasteiger partial charge < -0.3 is 4.90 Å². The lowest BCUT2D eigenvalue weighted by molar-refractivity contribution is -0.134. The Bertz CT molecular complexity index is 733. The fourth-order valence-electron chi connectivity index (χ4n) is 2.70. The highest BCUT2D eigenvalue weighted by Gasteiger charge is 2.37.